The van der Waals surface area contributed by atoms with Crippen molar-refractivity contribution in [2.24, 2.45) is 0 Å². The molecule has 0 aliphatic rings. The molecular weight excluding hydrogens is 229 g/mol. The van der Waals surface area contributed by atoms with Crippen molar-refractivity contribution in [3.05, 3.63) is 29.6 Å². The van der Waals surface area contributed by atoms with E-state index in [-0.39, 0.29) is 11.9 Å². The number of ether oxygens (including phenoxy) is 1. The van der Waals surface area contributed by atoms with E-state index in [9.17, 15) is 4.39 Å². The van der Waals surface area contributed by atoms with Crippen molar-refractivity contribution in [2.75, 3.05) is 13.7 Å². The lowest BCUT2D eigenvalue weighted by Crippen LogP contribution is -2.14. The summed E-state index contributed by atoms with van der Waals surface area (Å²) in [5, 5.41) is 3.15. The van der Waals surface area contributed by atoms with Gasteiger partial charge in [0.1, 0.15) is 11.6 Å². The molecule has 0 saturated heterocycles. The lowest BCUT2D eigenvalue weighted by Gasteiger charge is -2.16. The summed E-state index contributed by atoms with van der Waals surface area (Å²) in [6.07, 6.45) is 4.63. The quantitative estimate of drug-likeness (QED) is 0.705. The van der Waals surface area contributed by atoms with Crippen LogP contribution >= 0.6 is 0 Å². The van der Waals surface area contributed by atoms with Gasteiger partial charge >= 0.3 is 0 Å². The number of hydrogen-bond acceptors (Lipinski definition) is 2. The molecule has 102 valence electrons. The first-order valence-electron chi connectivity index (χ1n) is 6.78. The van der Waals surface area contributed by atoms with Crippen LogP contribution in [0.15, 0.2) is 18.2 Å². The molecule has 1 rings (SSSR count). The smallest absolute Gasteiger partial charge is 0.126 e. The van der Waals surface area contributed by atoms with Crippen LogP contribution in [0.5, 0.6) is 5.75 Å². The van der Waals surface area contributed by atoms with Gasteiger partial charge in [-0.2, -0.15) is 0 Å². The molecule has 0 fully saturated rings. The summed E-state index contributed by atoms with van der Waals surface area (Å²) in [7, 11) is 1.89. The number of halogens is 1. The van der Waals surface area contributed by atoms with E-state index in [0.717, 1.165) is 12.0 Å². The van der Waals surface area contributed by atoms with Crippen LogP contribution in [0.2, 0.25) is 0 Å². The molecule has 1 unspecified atom stereocenters. The Balaban J connectivity index is 2.59. The maximum Gasteiger partial charge on any atom is 0.126 e. The molecule has 1 aromatic rings. The number of unbranched alkanes of at least 4 members (excludes halogenated alkanes) is 3. The van der Waals surface area contributed by atoms with Gasteiger partial charge in [-0.05, 0) is 26.5 Å². The molecule has 0 spiro atoms. The Bertz CT molecular complexity index is 354. The Morgan fingerprint density at radius 1 is 1.28 bits per heavy atom. The summed E-state index contributed by atoms with van der Waals surface area (Å²) in [5.74, 6) is 0.416. The van der Waals surface area contributed by atoms with E-state index in [1.54, 1.807) is 6.07 Å². The largest absolute Gasteiger partial charge is 0.493 e. The predicted octanol–water partition coefficient (Wildman–Crippen LogP) is 4.07. The molecule has 3 heteroatoms. The second-order valence-corrected chi connectivity index (χ2v) is 4.60. The average molecular weight is 253 g/mol. The fourth-order valence-corrected chi connectivity index (χ4v) is 1.86. The standard InChI is InChI=1S/C15H24FNO/c1-4-5-6-7-10-18-15-11-13(16)8-9-14(15)12(2)17-3/h8-9,11-12,17H,4-7,10H2,1-3H3. The second kappa shape index (κ2) is 8.09. The van der Waals surface area contributed by atoms with E-state index >= 15 is 0 Å². The monoisotopic (exact) mass is 253 g/mol. The summed E-state index contributed by atoms with van der Waals surface area (Å²) in [4.78, 5) is 0. The van der Waals surface area contributed by atoms with Crippen LogP contribution in [0.25, 0.3) is 0 Å². The number of hydrogen-bond donors (Lipinski definition) is 1. The summed E-state index contributed by atoms with van der Waals surface area (Å²) < 4.78 is 19.0. The Labute approximate surface area is 110 Å². The van der Waals surface area contributed by atoms with Gasteiger partial charge in [0.05, 0.1) is 6.61 Å². The normalized spacial score (nSPS) is 12.4. The van der Waals surface area contributed by atoms with Crippen molar-refractivity contribution in [3.8, 4) is 5.75 Å². The third-order valence-corrected chi connectivity index (χ3v) is 3.13. The van der Waals surface area contributed by atoms with Gasteiger partial charge in [-0.1, -0.05) is 32.3 Å². The average Bonchev–Trinajstić information content (AvgIpc) is 2.38. The van der Waals surface area contributed by atoms with Gasteiger partial charge in [0.25, 0.3) is 0 Å². The Kier molecular flexibility index (Phi) is 6.73. The molecule has 0 heterocycles. The molecule has 18 heavy (non-hydrogen) atoms. The Morgan fingerprint density at radius 3 is 2.72 bits per heavy atom. The Morgan fingerprint density at radius 2 is 2.06 bits per heavy atom. The van der Waals surface area contributed by atoms with E-state index in [1.807, 2.05) is 14.0 Å². The maximum absolute atomic E-state index is 13.2. The molecule has 1 atom stereocenters. The van der Waals surface area contributed by atoms with Crippen molar-refractivity contribution in [3.63, 3.8) is 0 Å². The van der Waals surface area contributed by atoms with Gasteiger partial charge in [-0.15, -0.1) is 0 Å². The number of benzene rings is 1. The number of nitrogens with one attached hydrogen (secondary N) is 1. The highest BCUT2D eigenvalue weighted by Gasteiger charge is 2.11. The zero-order chi connectivity index (χ0) is 13.4. The first kappa shape index (κ1) is 15.0. The van der Waals surface area contributed by atoms with Gasteiger partial charge in [0, 0.05) is 17.7 Å². The van der Waals surface area contributed by atoms with Crippen LogP contribution in [-0.4, -0.2) is 13.7 Å². The van der Waals surface area contributed by atoms with Crippen molar-refractivity contribution in [2.45, 2.75) is 45.6 Å². The molecular formula is C15H24FNO. The van der Waals surface area contributed by atoms with E-state index in [0.29, 0.717) is 12.4 Å². The minimum atomic E-state index is -0.245. The van der Waals surface area contributed by atoms with Gasteiger partial charge in [-0.3, -0.25) is 0 Å². The van der Waals surface area contributed by atoms with Crippen LogP contribution in [0.1, 0.15) is 51.1 Å². The summed E-state index contributed by atoms with van der Waals surface area (Å²) >= 11 is 0. The van der Waals surface area contributed by atoms with Crippen LogP contribution in [0.3, 0.4) is 0 Å². The van der Waals surface area contributed by atoms with E-state index < -0.39 is 0 Å². The van der Waals surface area contributed by atoms with Crippen LogP contribution in [-0.2, 0) is 0 Å². The van der Waals surface area contributed by atoms with Crippen molar-refractivity contribution in [1.29, 1.82) is 0 Å². The lowest BCUT2D eigenvalue weighted by molar-refractivity contribution is 0.298. The third kappa shape index (κ3) is 4.65. The predicted molar refractivity (Wildman–Crippen MR) is 73.5 cm³/mol. The third-order valence-electron chi connectivity index (χ3n) is 3.13. The summed E-state index contributed by atoms with van der Waals surface area (Å²) in [6.45, 7) is 4.88. The molecule has 0 amide bonds. The number of rotatable bonds is 8. The molecule has 1 N–H and O–H groups in total. The molecule has 1 aromatic carbocycles. The van der Waals surface area contributed by atoms with E-state index in [2.05, 4.69) is 12.2 Å². The molecule has 0 aliphatic carbocycles. The fraction of sp³-hybridized carbons (Fsp3) is 0.600. The first-order valence-corrected chi connectivity index (χ1v) is 6.78. The zero-order valence-corrected chi connectivity index (χ0v) is 11.6. The molecule has 0 saturated carbocycles. The van der Waals surface area contributed by atoms with Crippen molar-refractivity contribution < 1.29 is 9.13 Å². The van der Waals surface area contributed by atoms with E-state index in [1.165, 1.54) is 31.4 Å². The minimum absolute atomic E-state index is 0.163. The van der Waals surface area contributed by atoms with Gasteiger partial charge in [-0.25, -0.2) is 4.39 Å². The minimum Gasteiger partial charge on any atom is -0.493 e. The molecule has 2 nitrogen and oxygen atoms in total. The summed E-state index contributed by atoms with van der Waals surface area (Å²) in [6, 6.07) is 4.91. The second-order valence-electron chi connectivity index (χ2n) is 4.60. The fourth-order valence-electron chi connectivity index (χ4n) is 1.86. The van der Waals surface area contributed by atoms with Gasteiger partial charge in [0.15, 0.2) is 0 Å². The van der Waals surface area contributed by atoms with Crippen molar-refractivity contribution >= 4 is 0 Å². The van der Waals surface area contributed by atoms with Gasteiger partial charge < -0.3 is 10.1 Å². The zero-order valence-electron chi connectivity index (χ0n) is 11.6. The summed E-state index contributed by atoms with van der Waals surface area (Å²) in [5.41, 5.74) is 1.01. The van der Waals surface area contributed by atoms with Crippen LogP contribution < -0.4 is 10.1 Å². The van der Waals surface area contributed by atoms with Crippen molar-refractivity contribution in [1.82, 2.24) is 5.32 Å². The lowest BCUT2D eigenvalue weighted by atomic mass is 10.1. The SMILES string of the molecule is CCCCCCOc1cc(F)ccc1C(C)NC. The molecule has 0 aromatic heterocycles. The molecule has 0 radical (unpaired) electrons. The van der Waals surface area contributed by atoms with Crippen LogP contribution in [0.4, 0.5) is 4.39 Å². The maximum atomic E-state index is 13.2. The highest BCUT2D eigenvalue weighted by molar-refractivity contribution is 5.36. The topological polar surface area (TPSA) is 21.3 Å². The first-order chi connectivity index (χ1) is 8.69. The van der Waals surface area contributed by atoms with E-state index in [4.69, 9.17) is 4.74 Å². The Hall–Kier alpha value is -1.09. The van der Waals surface area contributed by atoms with Gasteiger partial charge in [0.2, 0.25) is 0 Å². The molecule has 0 bridgehead atoms. The highest BCUT2D eigenvalue weighted by atomic mass is 19.1. The van der Waals surface area contributed by atoms with Crippen LogP contribution in [0, 0.1) is 5.82 Å². The molecule has 0 aliphatic heterocycles. The highest BCUT2D eigenvalue weighted by Crippen LogP contribution is 2.26.